The summed E-state index contributed by atoms with van der Waals surface area (Å²) in [6, 6.07) is 13.7. The van der Waals surface area contributed by atoms with Gasteiger partial charge in [-0.15, -0.1) is 0 Å². The molecule has 0 aliphatic carbocycles. The number of cyclic esters (lactones) is 1. The van der Waals surface area contributed by atoms with Gasteiger partial charge in [-0.1, -0.05) is 43.2 Å². The molecule has 0 saturated heterocycles. The maximum absolute atomic E-state index is 11.9. The van der Waals surface area contributed by atoms with E-state index in [1.807, 2.05) is 18.2 Å². The van der Waals surface area contributed by atoms with Crippen molar-refractivity contribution in [2.45, 2.75) is 33.3 Å². The SMILES string of the molecule is CCC/C=C1\OC(=O)c2ccc(OCc3ccc(C)cc3)cc21. The number of unbranched alkanes of at least 4 members (excludes halogenated alkanes) is 1. The van der Waals surface area contributed by atoms with Gasteiger partial charge >= 0.3 is 5.97 Å². The third-order valence-electron chi connectivity index (χ3n) is 3.82. The second kappa shape index (κ2) is 6.69. The first-order valence-corrected chi connectivity index (χ1v) is 7.92. The molecule has 0 atom stereocenters. The number of benzene rings is 2. The van der Waals surface area contributed by atoms with Gasteiger partial charge in [-0.2, -0.15) is 0 Å². The van der Waals surface area contributed by atoms with Gasteiger partial charge < -0.3 is 9.47 Å². The van der Waals surface area contributed by atoms with Crippen LogP contribution in [0.15, 0.2) is 48.5 Å². The third-order valence-corrected chi connectivity index (χ3v) is 3.82. The lowest BCUT2D eigenvalue weighted by atomic mass is 10.1. The van der Waals surface area contributed by atoms with Crippen LogP contribution in [-0.2, 0) is 11.3 Å². The van der Waals surface area contributed by atoms with Gasteiger partial charge in [0, 0.05) is 5.56 Å². The van der Waals surface area contributed by atoms with E-state index in [1.165, 1.54) is 5.56 Å². The van der Waals surface area contributed by atoms with Crippen molar-refractivity contribution in [2.24, 2.45) is 0 Å². The van der Waals surface area contributed by atoms with Crippen molar-refractivity contribution in [1.82, 2.24) is 0 Å². The lowest BCUT2D eigenvalue weighted by Gasteiger charge is -2.08. The summed E-state index contributed by atoms with van der Waals surface area (Å²) >= 11 is 0. The smallest absolute Gasteiger partial charge is 0.344 e. The van der Waals surface area contributed by atoms with Crippen LogP contribution in [0, 0.1) is 6.92 Å². The third kappa shape index (κ3) is 3.45. The molecular weight excluding hydrogens is 288 g/mol. The van der Waals surface area contributed by atoms with Crippen molar-refractivity contribution in [2.75, 3.05) is 0 Å². The zero-order valence-electron chi connectivity index (χ0n) is 13.5. The van der Waals surface area contributed by atoms with Crippen LogP contribution < -0.4 is 4.74 Å². The minimum Gasteiger partial charge on any atom is -0.489 e. The highest BCUT2D eigenvalue weighted by atomic mass is 16.5. The predicted molar refractivity (Wildman–Crippen MR) is 90.3 cm³/mol. The first-order valence-electron chi connectivity index (χ1n) is 7.92. The fourth-order valence-corrected chi connectivity index (χ4v) is 2.48. The van der Waals surface area contributed by atoms with Crippen molar-refractivity contribution < 1.29 is 14.3 Å². The van der Waals surface area contributed by atoms with E-state index in [9.17, 15) is 4.79 Å². The Morgan fingerprint density at radius 1 is 1.09 bits per heavy atom. The van der Waals surface area contributed by atoms with E-state index in [2.05, 4.69) is 38.1 Å². The fraction of sp³-hybridized carbons (Fsp3) is 0.250. The van der Waals surface area contributed by atoms with E-state index < -0.39 is 0 Å². The van der Waals surface area contributed by atoms with Gasteiger partial charge in [0.25, 0.3) is 0 Å². The van der Waals surface area contributed by atoms with Crippen LogP contribution in [0.3, 0.4) is 0 Å². The Kier molecular flexibility index (Phi) is 4.47. The number of fused-ring (bicyclic) bond motifs is 1. The minimum atomic E-state index is -0.285. The topological polar surface area (TPSA) is 35.5 Å². The van der Waals surface area contributed by atoms with E-state index in [0.717, 1.165) is 29.7 Å². The summed E-state index contributed by atoms with van der Waals surface area (Å²) in [5.74, 6) is 1.10. The summed E-state index contributed by atoms with van der Waals surface area (Å²) in [5, 5.41) is 0. The standard InChI is InChI=1S/C20H20O3/c1-3-4-5-19-18-12-16(10-11-17(18)20(21)23-19)22-13-15-8-6-14(2)7-9-15/h5-12H,3-4,13H2,1-2H3/b19-5-. The van der Waals surface area contributed by atoms with Crippen LogP contribution in [0.2, 0.25) is 0 Å². The Balaban J connectivity index is 1.77. The molecule has 0 N–H and O–H groups in total. The number of ether oxygens (including phenoxy) is 2. The van der Waals surface area contributed by atoms with Gasteiger partial charge in [-0.3, -0.25) is 0 Å². The summed E-state index contributed by atoms with van der Waals surface area (Å²) in [6.07, 6.45) is 3.87. The highest BCUT2D eigenvalue weighted by Crippen LogP contribution is 2.33. The first kappa shape index (κ1) is 15.3. The molecule has 0 saturated carbocycles. The molecule has 1 heterocycles. The molecule has 2 aromatic carbocycles. The number of allylic oxidation sites excluding steroid dienone is 1. The van der Waals surface area contributed by atoms with E-state index in [1.54, 1.807) is 6.07 Å². The fourth-order valence-electron chi connectivity index (χ4n) is 2.48. The molecule has 0 bridgehead atoms. The molecule has 2 aromatic rings. The molecule has 0 spiro atoms. The maximum atomic E-state index is 11.9. The zero-order chi connectivity index (χ0) is 16.2. The van der Waals surface area contributed by atoms with Gasteiger partial charge in [-0.25, -0.2) is 4.79 Å². The molecule has 0 radical (unpaired) electrons. The van der Waals surface area contributed by atoms with E-state index in [4.69, 9.17) is 9.47 Å². The molecule has 0 fully saturated rings. The Morgan fingerprint density at radius 2 is 1.87 bits per heavy atom. The Hall–Kier alpha value is -2.55. The number of esters is 1. The first-order chi connectivity index (χ1) is 11.2. The van der Waals surface area contributed by atoms with Crippen LogP contribution in [0.5, 0.6) is 5.75 Å². The van der Waals surface area contributed by atoms with Crippen molar-refractivity contribution in [1.29, 1.82) is 0 Å². The quantitative estimate of drug-likeness (QED) is 0.738. The monoisotopic (exact) mass is 308 g/mol. The number of carbonyl (C=O) groups is 1. The normalized spacial score (nSPS) is 14.7. The van der Waals surface area contributed by atoms with Gasteiger partial charge in [0.05, 0.1) is 5.56 Å². The lowest BCUT2D eigenvalue weighted by molar-refractivity contribution is 0.0715. The molecule has 3 heteroatoms. The van der Waals surface area contributed by atoms with E-state index in [-0.39, 0.29) is 5.97 Å². The van der Waals surface area contributed by atoms with Gasteiger partial charge in [0.1, 0.15) is 18.1 Å². The molecule has 0 amide bonds. The average molecular weight is 308 g/mol. The van der Waals surface area contributed by atoms with Crippen molar-refractivity contribution >= 4 is 11.7 Å². The highest BCUT2D eigenvalue weighted by molar-refractivity contribution is 6.03. The molecule has 118 valence electrons. The van der Waals surface area contributed by atoms with Crippen molar-refractivity contribution in [3.8, 4) is 5.75 Å². The lowest BCUT2D eigenvalue weighted by Crippen LogP contribution is -1.97. The summed E-state index contributed by atoms with van der Waals surface area (Å²) in [7, 11) is 0. The number of rotatable bonds is 5. The second-order valence-corrected chi connectivity index (χ2v) is 5.73. The number of hydrogen-bond acceptors (Lipinski definition) is 3. The summed E-state index contributed by atoms with van der Waals surface area (Å²) in [4.78, 5) is 11.9. The van der Waals surface area contributed by atoms with E-state index in [0.29, 0.717) is 17.9 Å². The summed E-state index contributed by atoms with van der Waals surface area (Å²) in [5.41, 5.74) is 3.78. The number of aryl methyl sites for hydroxylation is 1. The van der Waals surface area contributed by atoms with Gasteiger partial charge in [0.15, 0.2) is 0 Å². The molecule has 23 heavy (non-hydrogen) atoms. The molecular formula is C20H20O3. The Bertz CT molecular complexity index is 742. The number of hydrogen-bond donors (Lipinski definition) is 0. The molecule has 0 aromatic heterocycles. The molecule has 1 aliphatic heterocycles. The van der Waals surface area contributed by atoms with Crippen LogP contribution in [0.25, 0.3) is 5.76 Å². The largest absolute Gasteiger partial charge is 0.489 e. The van der Waals surface area contributed by atoms with Crippen molar-refractivity contribution in [3.63, 3.8) is 0 Å². The van der Waals surface area contributed by atoms with Crippen LogP contribution in [0.1, 0.15) is 46.8 Å². The van der Waals surface area contributed by atoms with Gasteiger partial charge in [0.2, 0.25) is 0 Å². The number of carbonyl (C=O) groups excluding carboxylic acids is 1. The zero-order valence-corrected chi connectivity index (χ0v) is 13.5. The van der Waals surface area contributed by atoms with Crippen LogP contribution >= 0.6 is 0 Å². The van der Waals surface area contributed by atoms with Gasteiger partial charge in [-0.05, 0) is 43.2 Å². The summed E-state index contributed by atoms with van der Waals surface area (Å²) in [6.45, 7) is 4.66. The highest BCUT2D eigenvalue weighted by Gasteiger charge is 2.26. The Morgan fingerprint density at radius 3 is 2.61 bits per heavy atom. The molecule has 3 nitrogen and oxygen atoms in total. The van der Waals surface area contributed by atoms with Crippen LogP contribution in [-0.4, -0.2) is 5.97 Å². The average Bonchev–Trinajstić information content (AvgIpc) is 2.88. The second-order valence-electron chi connectivity index (χ2n) is 5.73. The van der Waals surface area contributed by atoms with Crippen molar-refractivity contribution in [3.05, 3.63) is 70.8 Å². The van der Waals surface area contributed by atoms with E-state index >= 15 is 0 Å². The molecule has 1 aliphatic rings. The molecule has 3 rings (SSSR count). The minimum absolute atomic E-state index is 0.285. The maximum Gasteiger partial charge on any atom is 0.344 e. The van der Waals surface area contributed by atoms with Crippen LogP contribution in [0.4, 0.5) is 0 Å². The summed E-state index contributed by atoms with van der Waals surface area (Å²) < 4.78 is 11.2. The molecule has 0 unspecified atom stereocenters. The predicted octanol–water partition coefficient (Wildman–Crippen LogP) is 4.89. The Labute approximate surface area is 136 Å².